The quantitative estimate of drug-likeness (QED) is 0.425. The fraction of sp³-hybridized carbons (Fsp3) is 0.240. The molecular weight excluding hydrogens is 414 g/mol. The molecule has 1 atom stereocenters. The first-order valence-corrected chi connectivity index (χ1v) is 11.2. The molecule has 4 aromatic heterocycles. The maximum Gasteiger partial charge on any atom is 0.252 e. The van der Waals surface area contributed by atoms with Crippen LogP contribution in [0.25, 0.3) is 27.9 Å². The van der Waals surface area contributed by atoms with Crippen LogP contribution in [0.5, 0.6) is 0 Å². The van der Waals surface area contributed by atoms with Gasteiger partial charge in [0.2, 0.25) is 0 Å². The van der Waals surface area contributed by atoms with E-state index in [2.05, 4.69) is 25.4 Å². The molecule has 8 nitrogen and oxygen atoms in total. The van der Waals surface area contributed by atoms with Crippen LogP contribution in [0.3, 0.4) is 0 Å². The van der Waals surface area contributed by atoms with Crippen LogP contribution in [-0.4, -0.2) is 35.6 Å². The molecule has 4 heterocycles. The highest BCUT2D eigenvalue weighted by molar-refractivity contribution is 6.07. The minimum absolute atomic E-state index is 0.166. The molecule has 0 saturated heterocycles. The van der Waals surface area contributed by atoms with E-state index in [1.807, 2.05) is 62.4 Å². The Labute approximate surface area is 190 Å². The van der Waals surface area contributed by atoms with Crippen LogP contribution in [0, 0.1) is 6.92 Å². The monoisotopic (exact) mass is 437 g/mol. The first kappa shape index (κ1) is 19.6. The smallest absolute Gasteiger partial charge is 0.252 e. The topological polar surface area (TPSA) is 101 Å². The molecule has 6 rings (SSSR count). The summed E-state index contributed by atoms with van der Waals surface area (Å²) in [6.07, 6.45) is 3.91. The summed E-state index contributed by atoms with van der Waals surface area (Å²) in [4.78, 5) is 30.8. The van der Waals surface area contributed by atoms with Crippen molar-refractivity contribution in [2.75, 3.05) is 0 Å². The van der Waals surface area contributed by atoms with Gasteiger partial charge < -0.3 is 10.3 Å². The predicted octanol–water partition coefficient (Wildman–Crippen LogP) is 4.37. The van der Waals surface area contributed by atoms with Crippen LogP contribution in [0.1, 0.15) is 59.3 Å². The second-order valence-electron chi connectivity index (χ2n) is 8.59. The van der Waals surface area contributed by atoms with Crippen LogP contribution < -0.4 is 5.32 Å². The number of H-pyrrole nitrogens is 1. The minimum atomic E-state index is -0.288. The summed E-state index contributed by atoms with van der Waals surface area (Å²) in [5, 5.41) is 8.55. The summed E-state index contributed by atoms with van der Waals surface area (Å²) in [5.74, 6) is 1.62. The largest absolute Gasteiger partial charge is 0.342 e. The normalized spacial score (nSPS) is 14.6. The fourth-order valence-corrected chi connectivity index (χ4v) is 4.23. The highest BCUT2D eigenvalue weighted by Gasteiger charge is 2.29. The molecule has 1 saturated carbocycles. The Morgan fingerprint density at radius 2 is 1.97 bits per heavy atom. The maximum atomic E-state index is 13.5. The number of rotatable bonds is 5. The van der Waals surface area contributed by atoms with Gasteiger partial charge in [0.1, 0.15) is 5.82 Å². The van der Waals surface area contributed by atoms with Crippen molar-refractivity contribution in [1.29, 1.82) is 0 Å². The van der Waals surface area contributed by atoms with Crippen LogP contribution in [-0.2, 0) is 0 Å². The molecule has 1 fully saturated rings. The Kier molecular flexibility index (Phi) is 4.46. The first-order chi connectivity index (χ1) is 16.1. The molecule has 1 unspecified atom stereocenters. The summed E-state index contributed by atoms with van der Waals surface area (Å²) >= 11 is 0. The van der Waals surface area contributed by atoms with Gasteiger partial charge in [0.25, 0.3) is 5.91 Å². The zero-order valence-corrected chi connectivity index (χ0v) is 18.4. The Hall–Kier alpha value is -4.07. The number of nitrogens with zero attached hydrogens (tertiary/aromatic N) is 5. The molecular formula is C25H23N7O. The Bertz CT molecular complexity index is 1460. The molecule has 164 valence electrons. The number of amides is 1. The lowest BCUT2D eigenvalue weighted by atomic mass is 10.1. The standard InChI is InChI=1S/C25H23N7O/c1-14-22-17(25(33)27-15(2)23-28-18-7-3-4-8-19(18)29-23)13-20(16-10-11-16)30-24(22)32(31-14)21-9-5-6-12-26-21/h3-9,12-13,15-16H,10-11H2,1-2H3,(H,27,33)(H,28,29). The molecule has 5 aromatic rings. The molecule has 0 aliphatic heterocycles. The Balaban J connectivity index is 1.41. The SMILES string of the molecule is Cc1nn(-c2ccccn2)c2nc(C3CC3)cc(C(=O)NC(C)c3nc4ccccc4[nH]3)c12. The second kappa shape index (κ2) is 7.51. The summed E-state index contributed by atoms with van der Waals surface area (Å²) in [6, 6.07) is 15.1. The number of imidazole rings is 1. The molecule has 1 amide bonds. The van der Waals surface area contributed by atoms with Gasteiger partial charge in [-0.2, -0.15) is 9.78 Å². The van der Waals surface area contributed by atoms with Gasteiger partial charge in [-0.05, 0) is 57.0 Å². The van der Waals surface area contributed by atoms with Gasteiger partial charge in [-0.3, -0.25) is 4.79 Å². The van der Waals surface area contributed by atoms with Crippen molar-refractivity contribution < 1.29 is 4.79 Å². The third-order valence-electron chi connectivity index (χ3n) is 6.10. The average molecular weight is 438 g/mol. The van der Waals surface area contributed by atoms with E-state index in [9.17, 15) is 4.79 Å². The fourth-order valence-electron chi connectivity index (χ4n) is 4.23. The van der Waals surface area contributed by atoms with Crippen molar-refractivity contribution in [1.82, 2.24) is 35.0 Å². The predicted molar refractivity (Wildman–Crippen MR) is 125 cm³/mol. The lowest BCUT2D eigenvalue weighted by Gasteiger charge is -2.13. The average Bonchev–Trinajstić information content (AvgIpc) is 3.51. The Morgan fingerprint density at radius 1 is 1.15 bits per heavy atom. The number of benzene rings is 1. The van der Waals surface area contributed by atoms with Gasteiger partial charge in [0, 0.05) is 17.8 Å². The number of pyridine rings is 2. The lowest BCUT2D eigenvalue weighted by molar-refractivity contribution is 0.0940. The number of aryl methyl sites for hydroxylation is 1. The lowest BCUT2D eigenvalue weighted by Crippen LogP contribution is -2.27. The van der Waals surface area contributed by atoms with E-state index in [4.69, 9.17) is 4.98 Å². The third-order valence-corrected chi connectivity index (χ3v) is 6.10. The zero-order valence-electron chi connectivity index (χ0n) is 18.4. The van der Waals surface area contributed by atoms with Crippen LogP contribution >= 0.6 is 0 Å². The Morgan fingerprint density at radius 3 is 2.73 bits per heavy atom. The number of carbonyl (C=O) groups is 1. The van der Waals surface area contributed by atoms with Crippen LogP contribution in [0.4, 0.5) is 0 Å². The molecule has 1 aliphatic carbocycles. The zero-order chi connectivity index (χ0) is 22.5. The summed E-state index contributed by atoms with van der Waals surface area (Å²) in [7, 11) is 0. The maximum absolute atomic E-state index is 13.5. The molecule has 33 heavy (non-hydrogen) atoms. The number of fused-ring (bicyclic) bond motifs is 2. The van der Waals surface area contributed by atoms with Crippen molar-refractivity contribution in [3.8, 4) is 5.82 Å². The molecule has 0 spiro atoms. The van der Waals surface area contributed by atoms with E-state index >= 15 is 0 Å². The number of hydrogen-bond donors (Lipinski definition) is 2. The van der Waals surface area contributed by atoms with E-state index in [0.29, 0.717) is 22.9 Å². The van der Waals surface area contributed by atoms with Gasteiger partial charge in [0.15, 0.2) is 11.5 Å². The van der Waals surface area contributed by atoms with Gasteiger partial charge in [-0.1, -0.05) is 18.2 Å². The molecule has 2 N–H and O–H groups in total. The molecule has 1 aromatic carbocycles. The molecule has 0 radical (unpaired) electrons. The van der Waals surface area contributed by atoms with E-state index in [-0.39, 0.29) is 11.9 Å². The van der Waals surface area contributed by atoms with E-state index < -0.39 is 0 Å². The van der Waals surface area contributed by atoms with E-state index in [1.54, 1.807) is 10.9 Å². The second-order valence-corrected chi connectivity index (χ2v) is 8.59. The van der Waals surface area contributed by atoms with Gasteiger partial charge in [-0.15, -0.1) is 0 Å². The number of aromatic nitrogens is 6. The van der Waals surface area contributed by atoms with Crippen LogP contribution in [0.15, 0.2) is 54.7 Å². The number of nitrogens with one attached hydrogen (secondary N) is 2. The van der Waals surface area contributed by atoms with Crippen molar-refractivity contribution in [2.45, 2.75) is 38.6 Å². The first-order valence-electron chi connectivity index (χ1n) is 11.2. The van der Waals surface area contributed by atoms with Crippen molar-refractivity contribution in [3.05, 3.63) is 77.5 Å². The van der Waals surface area contributed by atoms with Gasteiger partial charge in [-0.25, -0.2) is 15.0 Å². The molecule has 1 aliphatic rings. The molecule has 8 heteroatoms. The summed E-state index contributed by atoms with van der Waals surface area (Å²) in [5.41, 5.74) is 4.75. The van der Waals surface area contributed by atoms with Crippen molar-refractivity contribution in [3.63, 3.8) is 0 Å². The number of aromatic amines is 1. The van der Waals surface area contributed by atoms with E-state index in [0.717, 1.165) is 46.5 Å². The van der Waals surface area contributed by atoms with E-state index in [1.165, 1.54) is 0 Å². The summed E-state index contributed by atoms with van der Waals surface area (Å²) < 4.78 is 1.73. The van der Waals surface area contributed by atoms with Crippen molar-refractivity contribution in [2.24, 2.45) is 0 Å². The van der Waals surface area contributed by atoms with Crippen LogP contribution in [0.2, 0.25) is 0 Å². The minimum Gasteiger partial charge on any atom is -0.342 e. The number of para-hydroxylation sites is 2. The van der Waals surface area contributed by atoms with Gasteiger partial charge >= 0.3 is 0 Å². The molecule has 0 bridgehead atoms. The third kappa shape index (κ3) is 3.44. The highest BCUT2D eigenvalue weighted by Crippen LogP contribution is 2.40. The highest BCUT2D eigenvalue weighted by atomic mass is 16.1. The number of carbonyl (C=O) groups excluding carboxylic acids is 1. The van der Waals surface area contributed by atoms with Gasteiger partial charge in [0.05, 0.1) is 33.7 Å². The summed E-state index contributed by atoms with van der Waals surface area (Å²) in [6.45, 7) is 3.83. The van der Waals surface area contributed by atoms with Crippen molar-refractivity contribution >= 4 is 28.0 Å². The number of hydrogen-bond acceptors (Lipinski definition) is 5.